The smallest absolute Gasteiger partial charge is 0.425 e. The van der Waals surface area contributed by atoms with Crippen LogP contribution in [0, 0.1) is 5.92 Å². The lowest BCUT2D eigenvalue weighted by atomic mass is 9.97. The predicted octanol–water partition coefficient (Wildman–Crippen LogP) is 10.2. The van der Waals surface area contributed by atoms with Gasteiger partial charge in [-0.25, -0.2) is 9.59 Å². The molecule has 0 spiro atoms. The number of rotatable bonds is 17. The molecule has 0 amide bonds. The molecule has 0 aliphatic heterocycles. The molecule has 0 saturated heterocycles. The topological polar surface area (TPSA) is 61.8 Å². The maximum atomic E-state index is 13.5. The van der Waals surface area contributed by atoms with E-state index in [4.69, 9.17) is 14.2 Å². The van der Waals surface area contributed by atoms with Crippen LogP contribution in [-0.2, 0) is 4.74 Å². The number of ether oxygens (including phenoxy) is 3. The van der Waals surface area contributed by atoms with Crippen LogP contribution in [0.3, 0.4) is 0 Å². The van der Waals surface area contributed by atoms with Gasteiger partial charge in [-0.15, -0.1) is 0 Å². The molecular formula is C36H43F3O5. The lowest BCUT2D eigenvalue weighted by Gasteiger charge is -2.26. The minimum absolute atomic E-state index is 0.0649. The molecule has 0 aromatic heterocycles. The second kappa shape index (κ2) is 17.5. The van der Waals surface area contributed by atoms with Crippen LogP contribution < -0.4 is 9.47 Å². The van der Waals surface area contributed by atoms with Gasteiger partial charge in [0.05, 0.1) is 17.7 Å². The van der Waals surface area contributed by atoms with E-state index in [0.717, 1.165) is 29.7 Å². The van der Waals surface area contributed by atoms with Crippen LogP contribution >= 0.6 is 0 Å². The molecule has 0 bridgehead atoms. The van der Waals surface area contributed by atoms with E-state index >= 15 is 0 Å². The van der Waals surface area contributed by atoms with Crippen LogP contribution in [0.25, 0.3) is 11.1 Å². The van der Waals surface area contributed by atoms with Gasteiger partial charge in [-0.2, -0.15) is 13.2 Å². The zero-order valence-corrected chi connectivity index (χ0v) is 25.8. The van der Waals surface area contributed by atoms with Gasteiger partial charge in [0, 0.05) is 5.92 Å². The van der Waals surface area contributed by atoms with Crippen LogP contribution in [0.15, 0.2) is 72.8 Å². The van der Waals surface area contributed by atoms with Gasteiger partial charge >= 0.3 is 18.1 Å². The molecule has 3 rings (SSSR count). The summed E-state index contributed by atoms with van der Waals surface area (Å²) in [6, 6.07) is 20.0. The van der Waals surface area contributed by atoms with E-state index in [1.807, 2.05) is 43.3 Å². The van der Waals surface area contributed by atoms with Gasteiger partial charge in [0.15, 0.2) is 6.10 Å². The van der Waals surface area contributed by atoms with E-state index in [9.17, 15) is 22.8 Å². The second-order valence-corrected chi connectivity index (χ2v) is 11.1. The van der Waals surface area contributed by atoms with Crippen molar-refractivity contribution in [2.45, 2.75) is 90.8 Å². The fourth-order valence-electron chi connectivity index (χ4n) is 4.81. The van der Waals surface area contributed by atoms with E-state index in [0.29, 0.717) is 25.0 Å². The van der Waals surface area contributed by atoms with E-state index in [2.05, 4.69) is 6.92 Å². The second-order valence-electron chi connectivity index (χ2n) is 11.1. The summed E-state index contributed by atoms with van der Waals surface area (Å²) in [5, 5.41) is 0. The quantitative estimate of drug-likeness (QED) is 0.0862. The van der Waals surface area contributed by atoms with Crippen molar-refractivity contribution >= 4 is 11.9 Å². The summed E-state index contributed by atoms with van der Waals surface area (Å²) < 4.78 is 56.7. The monoisotopic (exact) mass is 612 g/mol. The Morgan fingerprint density at radius 3 is 1.75 bits per heavy atom. The van der Waals surface area contributed by atoms with Crippen LogP contribution in [0.1, 0.15) is 99.3 Å². The molecule has 44 heavy (non-hydrogen) atoms. The zero-order valence-electron chi connectivity index (χ0n) is 25.8. The standard InChI is InChI=1S/C36H43F3O5/c1-4-6-8-9-10-11-25-42-31-21-17-28(18-22-31)27-13-15-29(16-14-27)34(40)43-32-23-19-30(20-24-32)35(41)44-33(36(37,38)39)26(3)12-7-5-2/h13-24,26,33H,4-12,25H2,1-3H3/t26-,33-/m1/s1. The Morgan fingerprint density at radius 2 is 1.16 bits per heavy atom. The van der Waals surface area contributed by atoms with Crippen molar-refractivity contribution in [2.75, 3.05) is 6.61 Å². The first-order valence-electron chi connectivity index (χ1n) is 15.6. The first-order valence-corrected chi connectivity index (χ1v) is 15.6. The molecule has 0 unspecified atom stereocenters. The molecule has 0 aliphatic rings. The molecule has 0 heterocycles. The van der Waals surface area contributed by atoms with Gasteiger partial charge in [-0.3, -0.25) is 0 Å². The van der Waals surface area contributed by atoms with E-state index in [1.165, 1.54) is 63.3 Å². The average Bonchev–Trinajstić information content (AvgIpc) is 3.02. The van der Waals surface area contributed by atoms with Crippen molar-refractivity contribution in [2.24, 2.45) is 5.92 Å². The van der Waals surface area contributed by atoms with Crippen molar-refractivity contribution in [3.05, 3.63) is 83.9 Å². The number of hydrogen-bond acceptors (Lipinski definition) is 5. The number of unbranched alkanes of at least 4 members (excludes halogenated alkanes) is 6. The van der Waals surface area contributed by atoms with Crippen LogP contribution in [-0.4, -0.2) is 30.8 Å². The van der Waals surface area contributed by atoms with Gasteiger partial charge < -0.3 is 14.2 Å². The van der Waals surface area contributed by atoms with Gasteiger partial charge in [0.2, 0.25) is 0 Å². The van der Waals surface area contributed by atoms with Gasteiger partial charge in [0.1, 0.15) is 11.5 Å². The number of hydrogen-bond donors (Lipinski definition) is 0. The van der Waals surface area contributed by atoms with Crippen LogP contribution in [0.2, 0.25) is 0 Å². The third kappa shape index (κ3) is 11.0. The Bertz CT molecular complexity index is 1290. The summed E-state index contributed by atoms with van der Waals surface area (Å²) in [6.45, 7) is 6.23. The Balaban J connectivity index is 1.51. The molecule has 0 fully saturated rings. The highest BCUT2D eigenvalue weighted by Crippen LogP contribution is 2.32. The van der Waals surface area contributed by atoms with E-state index in [-0.39, 0.29) is 11.3 Å². The van der Waals surface area contributed by atoms with Gasteiger partial charge in [-0.1, -0.05) is 90.0 Å². The van der Waals surface area contributed by atoms with E-state index in [1.54, 1.807) is 12.1 Å². The maximum absolute atomic E-state index is 13.5. The molecule has 8 heteroatoms. The number of carbonyl (C=O) groups is 2. The third-order valence-electron chi connectivity index (χ3n) is 7.46. The van der Waals surface area contributed by atoms with Crippen molar-refractivity contribution in [1.82, 2.24) is 0 Å². The molecule has 238 valence electrons. The average molecular weight is 613 g/mol. The van der Waals surface area contributed by atoms with E-state index < -0.39 is 30.1 Å². The Labute approximate surface area is 258 Å². The summed E-state index contributed by atoms with van der Waals surface area (Å²) >= 11 is 0. The molecular weight excluding hydrogens is 569 g/mol. The highest BCUT2D eigenvalue weighted by atomic mass is 19.4. The lowest BCUT2D eigenvalue weighted by molar-refractivity contribution is -0.218. The van der Waals surface area contributed by atoms with Crippen molar-refractivity contribution in [3.63, 3.8) is 0 Å². The molecule has 5 nitrogen and oxygen atoms in total. The maximum Gasteiger partial charge on any atom is 0.425 e. The minimum atomic E-state index is -4.67. The van der Waals surface area contributed by atoms with Crippen molar-refractivity contribution in [1.29, 1.82) is 0 Å². The summed E-state index contributed by atoms with van der Waals surface area (Å²) in [4.78, 5) is 25.2. The first kappa shape index (κ1) is 34.7. The summed E-state index contributed by atoms with van der Waals surface area (Å²) in [6.07, 6.45) is 2.07. The number of carbonyl (C=O) groups excluding carboxylic acids is 2. The fourth-order valence-corrected chi connectivity index (χ4v) is 4.81. The highest BCUT2D eigenvalue weighted by molar-refractivity contribution is 5.92. The fraction of sp³-hybridized carbons (Fsp3) is 0.444. The summed E-state index contributed by atoms with van der Waals surface area (Å²) in [7, 11) is 0. The molecule has 0 N–H and O–H groups in total. The highest BCUT2D eigenvalue weighted by Gasteiger charge is 2.46. The van der Waals surface area contributed by atoms with Gasteiger partial charge in [-0.05, 0) is 72.5 Å². The lowest BCUT2D eigenvalue weighted by Crippen LogP contribution is -2.39. The normalized spacial score (nSPS) is 12.8. The number of benzene rings is 3. The molecule has 3 aromatic rings. The largest absolute Gasteiger partial charge is 0.494 e. The molecule has 0 saturated carbocycles. The van der Waals surface area contributed by atoms with Gasteiger partial charge in [0.25, 0.3) is 0 Å². The SMILES string of the molecule is CCCCCCCCOc1ccc(-c2ccc(C(=O)Oc3ccc(C(=O)O[C@H]([C@H](C)CCCC)C(F)(F)F)cc3)cc2)cc1. The molecule has 0 aliphatic carbocycles. The van der Waals surface area contributed by atoms with Crippen molar-refractivity contribution in [3.8, 4) is 22.6 Å². The Kier molecular flexibility index (Phi) is 13.8. The Hall–Kier alpha value is -3.81. The summed E-state index contributed by atoms with van der Waals surface area (Å²) in [5.41, 5.74) is 2.16. The van der Waals surface area contributed by atoms with Crippen molar-refractivity contribution < 1.29 is 37.0 Å². The van der Waals surface area contributed by atoms with Crippen LogP contribution in [0.4, 0.5) is 13.2 Å². The predicted molar refractivity (Wildman–Crippen MR) is 166 cm³/mol. The Morgan fingerprint density at radius 1 is 0.659 bits per heavy atom. The minimum Gasteiger partial charge on any atom is -0.494 e. The zero-order chi connectivity index (χ0) is 32.0. The number of esters is 2. The molecule has 2 atom stereocenters. The summed E-state index contributed by atoms with van der Waals surface area (Å²) in [5.74, 6) is -1.58. The molecule has 0 radical (unpaired) electrons. The first-order chi connectivity index (χ1) is 21.1. The number of alkyl halides is 3. The number of halogens is 3. The third-order valence-corrected chi connectivity index (χ3v) is 7.46. The van der Waals surface area contributed by atoms with Crippen LogP contribution in [0.5, 0.6) is 11.5 Å². The molecule has 3 aromatic carbocycles.